The molecule has 10 heteroatoms. The monoisotopic (exact) mass is 668 g/mol. The summed E-state index contributed by atoms with van der Waals surface area (Å²) in [6.07, 6.45) is 2.17. The van der Waals surface area contributed by atoms with Crippen LogP contribution in [0.1, 0.15) is 52.2 Å². The molecular formula is C37H37ClN4O4S. The molecule has 8 nitrogen and oxygen atoms in total. The van der Waals surface area contributed by atoms with Gasteiger partial charge in [-0.1, -0.05) is 60.7 Å². The fourth-order valence-corrected chi connectivity index (χ4v) is 6.56. The van der Waals surface area contributed by atoms with Crippen molar-refractivity contribution in [3.63, 3.8) is 0 Å². The largest absolute Gasteiger partial charge is 0.382 e. The fraction of sp³-hybridized carbons (Fsp3) is 0.243. The van der Waals surface area contributed by atoms with Gasteiger partial charge in [-0.3, -0.25) is 24.1 Å². The normalized spacial score (nSPS) is 13.0. The van der Waals surface area contributed by atoms with Crippen LogP contribution in [0.2, 0.25) is 0 Å². The third-order valence-corrected chi connectivity index (χ3v) is 9.09. The summed E-state index contributed by atoms with van der Waals surface area (Å²) < 4.78 is 0. The van der Waals surface area contributed by atoms with Crippen molar-refractivity contribution < 1.29 is 19.2 Å². The average Bonchev–Trinajstić information content (AvgIpc) is 3.62. The van der Waals surface area contributed by atoms with E-state index in [1.165, 1.54) is 16.2 Å². The summed E-state index contributed by atoms with van der Waals surface area (Å²) in [6.45, 7) is 2.85. The molecule has 0 radical (unpaired) electrons. The van der Waals surface area contributed by atoms with E-state index in [4.69, 9.17) is 11.6 Å². The first kappa shape index (κ1) is 33.6. The quantitative estimate of drug-likeness (QED) is 0.106. The van der Waals surface area contributed by atoms with Crippen LogP contribution < -0.4 is 20.9 Å². The number of carbonyl (C=O) groups is 4. The van der Waals surface area contributed by atoms with Crippen LogP contribution in [-0.2, 0) is 27.2 Å². The van der Waals surface area contributed by atoms with Crippen molar-refractivity contribution in [2.45, 2.75) is 38.6 Å². The van der Waals surface area contributed by atoms with Gasteiger partial charge in [-0.15, -0.1) is 22.9 Å². The first-order valence-corrected chi connectivity index (χ1v) is 17.0. The minimum atomic E-state index is -0.909. The lowest BCUT2D eigenvalue weighted by molar-refractivity contribution is -0.125. The maximum Gasteiger partial charge on any atom is 0.248 e. The standard InChI is InChI=1S/C37H37ClN4O4S/c1-25-23-27-11-5-6-12-30(27)36(45)34(25)39-20-7-14-32(43)41-28-15-17-29(18-16-28)42(33(44)24-38)35(31-13-8-22-47-31)37(46)40-21-19-26-9-3-2-4-10-26/h2-6,8-13,15-18,22,35,39H,7,14,19-21,23-24H2,1H3,(H,40,46)(H,41,43). The number of amides is 3. The molecule has 1 heterocycles. The third-order valence-electron chi connectivity index (χ3n) is 7.94. The molecule has 47 heavy (non-hydrogen) atoms. The average molecular weight is 669 g/mol. The van der Waals surface area contributed by atoms with Crippen LogP contribution in [0.25, 0.3) is 0 Å². The smallest absolute Gasteiger partial charge is 0.248 e. The van der Waals surface area contributed by atoms with Gasteiger partial charge in [0.15, 0.2) is 0 Å². The molecule has 0 bridgehead atoms. The van der Waals surface area contributed by atoms with Gasteiger partial charge in [-0.2, -0.15) is 0 Å². The fourth-order valence-electron chi connectivity index (χ4n) is 5.61. The third kappa shape index (κ3) is 8.55. The van der Waals surface area contributed by atoms with Gasteiger partial charge >= 0.3 is 0 Å². The van der Waals surface area contributed by atoms with Crippen molar-refractivity contribution >= 4 is 57.8 Å². The van der Waals surface area contributed by atoms with E-state index in [0.717, 1.165) is 28.7 Å². The molecule has 1 aliphatic carbocycles. The summed E-state index contributed by atoms with van der Waals surface area (Å²) in [5.41, 5.74) is 5.50. The predicted molar refractivity (Wildman–Crippen MR) is 188 cm³/mol. The molecule has 3 N–H and O–H groups in total. The number of anilines is 2. The Morgan fingerprint density at radius 3 is 2.38 bits per heavy atom. The highest BCUT2D eigenvalue weighted by Gasteiger charge is 2.33. The molecule has 1 aliphatic rings. The number of benzene rings is 3. The van der Waals surface area contributed by atoms with Gasteiger partial charge in [0.25, 0.3) is 0 Å². The molecule has 0 aliphatic heterocycles. The van der Waals surface area contributed by atoms with E-state index in [1.807, 2.05) is 79.0 Å². The summed E-state index contributed by atoms with van der Waals surface area (Å²) in [5, 5.41) is 11.0. The van der Waals surface area contributed by atoms with E-state index in [0.29, 0.717) is 47.9 Å². The lowest BCUT2D eigenvalue weighted by Gasteiger charge is -2.30. The van der Waals surface area contributed by atoms with E-state index in [-0.39, 0.29) is 29.9 Å². The number of halogens is 1. The number of alkyl halides is 1. The first-order chi connectivity index (χ1) is 22.9. The van der Waals surface area contributed by atoms with E-state index >= 15 is 0 Å². The van der Waals surface area contributed by atoms with Crippen LogP contribution in [0.4, 0.5) is 11.4 Å². The molecule has 0 spiro atoms. The molecule has 242 valence electrons. The number of ketones is 1. The summed E-state index contributed by atoms with van der Waals surface area (Å²) in [5.74, 6) is -1.22. The summed E-state index contributed by atoms with van der Waals surface area (Å²) in [6, 6.07) is 27.0. The van der Waals surface area contributed by atoms with E-state index in [2.05, 4.69) is 16.0 Å². The van der Waals surface area contributed by atoms with Gasteiger partial charge in [0.2, 0.25) is 23.5 Å². The first-order valence-electron chi connectivity index (χ1n) is 15.5. The van der Waals surface area contributed by atoms with Crippen molar-refractivity contribution in [2.24, 2.45) is 0 Å². The maximum atomic E-state index is 13.6. The Morgan fingerprint density at radius 2 is 1.66 bits per heavy atom. The molecule has 0 saturated heterocycles. The van der Waals surface area contributed by atoms with Crippen molar-refractivity contribution in [1.29, 1.82) is 0 Å². The van der Waals surface area contributed by atoms with E-state index < -0.39 is 11.9 Å². The van der Waals surface area contributed by atoms with Crippen LogP contribution in [0.5, 0.6) is 0 Å². The summed E-state index contributed by atoms with van der Waals surface area (Å²) in [4.78, 5) is 54.5. The highest BCUT2D eigenvalue weighted by molar-refractivity contribution is 7.10. The van der Waals surface area contributed by atoms with Crippen molar-refractivity contribution in [3.8, 4) is 0 Å². The van der Waals surface area contributed by atoms with Gasteiger partial charge in [-0.05, 0) is 78.6 Å². The number of hydrogen-bond acceptors (Lipinski definition) is 6. The summed E-state index contributed by atoms with van der Waals surface area (Å²) in [7, 11) is 0. The number of nitrogens with zero attached hydrogens (tertiary/aromatic N) is 1. The highest BCUT2D eigenvalue weighted by atomic mass is 35.5. The Bertz CT molecular complexity index is 1740. The Kier molecular flexibility index (Phi) is 11.6. The lowest BCUT2D eigenvalue weighted by atomic mass is 9.89. The topological polar surface area (TPSA) is 108 Å². The van der Waals surface area contributed by atoms with Crippen molar-refractivity contribution in [2.75, 3.05) is 29.2 Å². The lowest BCUT2D eigenvalue weighted by Crippen LogP contribution is -2.44. The zero-order valence-corrected chi connectivity index (χ0v) is 27.7. The number of Topliss-reactive ketones (excluding diaryl/α,β-unsaturated/α-hetero) is 1. The van der Waals surface area contributed by atoms with Crippen LogP contribution in [0.3, 0.4) is 0 Å². The molecule has 1 aromatic heterocycles. The molecule has 1 unspecified atom stereocenters. The number of rotatable bonds is 14. The summed E-state index contributed by atoms with van der Waals surface area (Å²) >= 11 is 7.42. The Hall–Kier alpha value is -4.73. The second kappa shape index (κ2) is 16.2. The molecule has 0 saturated carbocycles. The van der Waals surface area contributed by atoms with Gasteiger partial charge in [0.1, 0.15) is 11.9 Å². The molecular weight excluding hydrogens is 632 g/mol. The number of fused-ring (bicyclic) bond motifs is 1. The SMILES string of the molecule is CC1=C(NCCCC(=O)Nc2ccc(N(C(=O)CCl)C(C(=O)NCCc3ccccc3)c3cccs3)cc2)C(=O)c2ccccc2C1. The van der Waals surface area contributed by atoms with Gasteiger partial charge in [0, 0.05) is 41.3 Å². The second-order valence-electron chi connectivity index (χ2n) is 11.3. The van der Waals surface area contributed by atoms with Crippen LogP contribution in [-0.4, -0.2) is 42.5 Å². The Morgan fingerprint density at radius 1 is 0.915 bits per heavy atom. The van der Waals surface area contributed by atoms with Gasteiger partial charge in [-0.25, -0.2) is 0 Å². The molecule has 1 atom stereocenters. The second-order valence-corrected chi connectivity index (χ2v) is 12.5. The van der Waals surface area contributed by atoms with Gasteiger partial charge in [0.05, 0.1) is 5.70 Å². The van der Waals surface area contributed by atoms with Crippen molar-refractivity contribution in [1.82, 2.24) is 10.6 Å². The molecule has 3 amide bonds. The maximum absolute atomic E-state index is 13.6. The van der Waals surface area contributed by atoms with Crippen molar-refractivity contribution in [3.05, 3.63) is 129 Å². The number of hydrogen-bond donors (Lipinski definition) is 3. The number of nitrogens with one attached hydrogen (secondary N) is 3. The predicted octanol–water partition coefficient (Wildman–Crippen LogP) is 6.44. The number of thiophene rings is 1. The minimum Gasteiger partial charge on any atom is -0.382 e. The van der Waals surface area contributed by atoms with E-state index in [9.17, 15) is 19.2 Å². The minimum absolute atomic E-state index is 0.0124. The number of allylic oxidation sites excluding steroid dienone is 2. The molecule has 5 rings (SSSR count). The Labute approximate surface area is 283 Å². The molecule has 0 fully saturated rings. The van der Waals surface area contributed by atoms with Crippen LogP contribution in [0, 0.1) is 0 Å². The number of carbonyl (C=O) groups excluding carboxylic acids is 4. The van der Waals surface area contributed by atoms with E-state index in [1.54, 1.807) is 24.3 Å². The zero-order chi connectivity index (χ0) is 33.2. The van der Waals surface area contributed by atoms with Crippen LogP contribution in [0.15, 0.2) is 108 Å². The van der Waals surface area contributed by atoms with Gasteiger partial charge < -0.3 is 16.0 Å². The van der Waals surface area contributed by atoms with Crippen LogP contribution >= 0.6 is 22.9 Å². The Balaban J connectivity index is 1.18. The zero-order valence-electron chi connectivity index (χ0n) is 26.1. The highest BCUT2D eigenvalue weighted by Crippen LogP contribution is 2.32. The molecule has 3 aromatic carbocycles. The molecule has 4 aromatic rings.